The molecule has 0 aliphatic heterocycles. The second-order valence-corrected chi connectivity index (χ2v) is 2.56. The summed E-state index contributed by atoms with van der Waals surface area (Å²) < 4.78 is 1.41. The first-order valence-corrected chi connectivity index (χ1v) is 3.40. The summed E-state index contributed by atoms with van der Waals surface area (Å²) in [6, 6.07) is 0. The molecule has 1 aromatic heterocycles. The molecule has 0 saturated heterocycles. The number of halogens is 2. The number of nitrogens with zero attached hydrogens (tertiary/aromatic N) is 2. The first kappa shape index (κ1) is 7.85. The summed E-state index contributed by atoms with van der Waals surface area (Å²) in [6.45, 7) is -0.175. The second kappa shape index (κ2) is 2.78. The summed E-state index contributed by atoms with van der Waals surface area (Å²) in [5.41, 5.74) is 0.478. The molecule has 56 valence electrons. The van der Waals surface area contributed by atoms with Gasteiger partial charge in [0.15, 0.2) is 5.15 Å². The van der Waals surface area contributed by atoms with Crippen LogP contribution in [-0.4, -0.2) is 14.9 Å². The van der Waals surface area contributed by atoms with Crippen LogP contribution in [0.2, 0.25) is 10.3 Å². The molecule has 1 N–H and O–H groups in total. The number of aromatic nitrogens is 2. The quantitative estimate of drug-likeness (QED) is 0.707. The molecule has 1 aromatic rings. The lowest BCUT2D eigenvalue weighted by Gasteiger charge is -1.90. The van der Waals surface area contributed by atoms with Crippen molar-refractivity contribution in [1.82, 2.24) is 9.78 Å². The lowest BCUT2D eigenvalue weighted by Crippen LogP contribution is -1.89. The van der Waals surface area contributed by atoms with E-state index in [9.17, 15) is 0 Å². The van der Waals surface area contributed by atoms with E-state index in [0.29, 0.717) is 10.7 Å². The minimum Gasteiger partial charge on any atom is -0.391 e. The number of rotatable bonds is 1. The summed E-state index contributed by atoms with van der Waals surface area (Å²) in [6.07, 6.45) is 0. The molecule has 0 amide bonds. The van der Waals surface area contributed by atoms with Crippen molar-refractivity contribution in [3.63, 3.8) is 0 Å². The van der Waals surface area contributed by atoms with Crippen molar-refractivity contribution in [2.45, 2.75) is 6.61 Å². The molecule has 0 unspecified atom stereocenters. The fourth-order valence-corrected chi connectivity index (χ4v) is 1.14. The van der Waals surface area contributed by atoms with Crippen LogP contribution in [-0.2, 0) is 13.7 Å². The summed E-state index contributed by atoms with van der Waals surface area (Å²) in [5.74, 6) is 0. The molecule has 0 aliphatic carbocycles. The molecule has 0 aromatic carbocycles. The average molecular weight is 181 g/mol. The van der Waals surface area contributed by atoms with Crippen molar-refractivity contribution in [3.8, 4) is 0 Å². The van der Waals surface area contributed by atoms with Gasteiger partial charge in [0.25, 0.3) is 0 Å². The Labute approximate surface area is 68.2 Å². The molecule has 0 bridgehead atoms. The zero-order valence-corrected chi connectivity index (χ0v) is 6.82. The van der Waals surface area contributed by atoms with Gasteiger partial charge in [0.05, 0.1) is 12.2 Å². The number of hydrogen-bond acceptors (Lipinski definition) is 2. The standard InChI is InChI=1S/C5H6Cl2N2O/c1-9-5(7)3(2-10)4(6)8-9/h10H,2H2,1H3. The van der Waals surface area contributed by atoms with Crippen LogP contribution < -0.4 is 0 Å². The number of aliphatic hydroxyl groups excluding tert-OH is 1. The second-order valence-electron chi connectivity index (χ2n) is 1.84. The third-order valence-electron chi connectivity index (χ3n) is 1.18. The van der Waals surface area contributed by atoms with Crippen molar-refractivity contribution in [1.29, 1.82) is 0 Å². The highest BCUT2D eigenvalue weighted by Gasteiger charge is 2.10. The zero-order chi connectivity index (χ0) is 7.72. The minimum absolute atomic E-state index is 0.175. The predicted octanol–water partition coefficient (Wildman–Crippen LogP) is 1.22. The van der Waals surface area contributed by atoms with E-state index in [1.807, 2.05) is 0 Å². The largest absolute Gasteiger partial charge is 0.391 e. The molecule has 3 nitrogen and oxygen atoms in total. The number of hydrogen-bond donors (Lipinski definition) is 1. The van der Waals surface area contributed by atoms with Crippen LogP contribution in [0, 0.1) is 0 Å². The fraction of sp³-hybridized carbons (Fsp3) is 0.400. The van der Waals surface area contributed by atoms with Crippen molar-refractivity contribution in [3.05, 3.63) is 15.9 Å². The van der Waals surface area contributed by atoms with E-state index in [2.05, 4.69) is 5.10 Å². The Balaban J connectivity index is 3.20. The average Bonchev–Trinajstić information content (AvgIpc) is 2.09. The first-order chi connectivity index (χ1) is 4.66. The maximum absolute atomic E-state index is 8.69. The van der Waals surface area contributed by atoms with E-state index in [1.54, 1.807) is 7.05 Å². The predicted molar refractivity (Wildman–Crippen MR) is 39.2 cm³/mol. The van der Waals surface area contributed by atoms with Gasteiger partial charge in [-0.3, -0.25) is 4.68 Å². The topological polar surface area (TPSA) is 38.0 Å². The Hall–Kier alpha value is -0.250. The van der Waals surface area contributed by atoms with Crippen LogP contribution in [0.15, 0.2) is 0 Å². The van der Waals surface area contributed by atoms with E-state index in [-0.39, 0.29) is 11.8 Å². The zero-order valence-electron chi connectivity index (χ0n) is 5.30. The van der Waals surface area contributed by atoms with Gasteiger partial charge in [0, 0.05) is 7.05 Å². The van der Waals surface area contributed by atoms with Crippen LogP contribution in [0.25, 0.3) is 0 Å². The molecule has 0 atom stereocenters. The minimum atomic E-state index is -0.175. The van der Waals surface area contributed by atoms with E-state index in [0.717, 1.165) is 0 Å². The van der Waals surface area contributed by atoms with Gasteiger partial charge in [-0.2, -0.15) is 5.10 Å². The van der Waals surface area contributed by atoms with Crippen LogP contribution in [0.4, 0.5) is 0 Å². The molecule has 5 heteroatoms. The Bertz CT molecular complexity index is 246. The van der Waals surface area contributed by atoms with Gasteiger partial charge in [-0.1, -0.05) is 23.2 Å². The van der Waals surface area contributed by atoms with Crippen LogP contribution in [0.3, 0.4) is 0 Å². The molecule has 0 radical (unpaired) electrons. The number of aliphatic hydroxyl groups is 1. The highest BCUT2D eigenvalue weighted by molar-refractivity contribution is 6.34. The Morgan fingerprint density at radius 1 is 1.60 bits per heavy atom. The summed E-state index contributed by atoms with van der Waals surface area (Å²) in [5, 5.41) is 13.1. The molecule has 1 heterocycles. The maximum Gasteiger partial charge on any atom is 0.158 e. The molecular formula is C5H6Cl2N2O. The van der Waals surface area contributed by atoms with Gasteiger partial charge in [-0.15, -0.1) is 0 Å². The first-order valence-electron chi connectivity index (χ1n) is 2.64. The molecule has 0 aliphatic rings. The van der Waals surface area contributed by atoms with E-state index in [4.69, 9.17) is 28.3 Å². The fourth-order valence-electron chi connectivity index (χ4n) is 0.647. The third kappa shape index (κ3) is 1.12. The Kier molecular flexibility index (Phi) is 2.18. The maximum atomic E-state index is 8.69. The normalized spacial score (nSPS) is 10.4. The molecule has 1 rings (SSSR count). The Morgan fingerprint density at radius 3 is 2.40 bits per heavy atom. The van der Waals surface area contributed by atoms with Crippen molar-refractivity contribution < 1.29 is 5.11 Å². The molecule has 0 saturated carbocycles. The van der Waals surface area contributed by atoms with E-state index < -0.39 is 0 Å². The lowest BCUT2D eigenvalue weighted by atomic mass is 10.4. The summed E-state index contributed by atoms with van der Waals surface area (Å²) in [7, 11) is 1.66. The van der Waals surface area contributed by atoms with Crippen LogP contribution in [0.5, 0.6) is 0 Å². The van der Waals surface area contributed by atoms with Gasteiger partial charge in [-0.05, 0) is 0 Å². The van der Waals surface area contributed by atoms with Gasteiger partial charge < -0.3 is 5.11 Å². The Morgan fingerprint density at radius 2 is 2.20 bits per heavy atom. The smallest absolute Gasteiger partial charge is 0.158 e. The van der Waals surface area contributed by atoms with Crippen LogP contribution >= 0.6 is 23.2 Å². The molecular weight excluding hydrogens is 175 g/mol. The molecule has 0 fully saturated rings. The van der Waals surface area contributed by atoms with Gasteiger partial charge >= 0.3 is 0 Å². The van der Waals surface area contributed by atoms with Crippen molar-refractivity contribution >= 4 is 23.2 Å². The SMILES string of the molecule is Cn1nc(Cl)c(CO)c1Cl. The van der Waals surface area contributed by atoms with E-state index >= 15 is 0 Å². The van der Waals surface area contributed by atoms with E-state index in [1.165, 1.54) is 4.68 Å². The van der Waals surface area contributed by atoms with Crippen molar-refractivity contribution in [2.75, 3.05) is 0 Å². The van der Waals surface area contributed by atoms with Gasteiger partial charge in [0.2, 0.25) is 0 Å². The summed E-state index contributed by atoms with van der Waals surface area (Å²) in [4.78, 5) is 0. The van der Waals surface area contributed by atoms with Gasteiger partial charge in [0.1, 0.15) is 5.15 Å². The molecule has 0 spiro atoms. The lowest BCUT2D eigenvalue weighted by molar-refractivity contribution is 0.282. The van der Waals surface area contributed by atoms with Crippen LogP contribution in [0.1, 0.15) is 5.56 Å². The monoisotopic (exact) mass is 180 g/mol. The van der Waals surface area contributed by atoms with Crippen molar-refractivity contribution in [2.24, 2.45) is 7.05 Å². The summed E-state index contributed by atoms with van der Waals surface area (Å²) >= 11 is 11.2. The third-order valence-corrected chi connectivity index (χ3v) is 1.95. The molecule has 10 heavy (non-hydrogen) atoms. The highest BCUT2D eigenvalue weighted by atomic mass is 35.5. The highest BCUT2D eigenvalue weighted by Crippen LogP contribution is 2.22. The number of aryl methyl sites for hydroxylation is 1. The van der Waals surface area contributed by atoms with Gasteiger partial charge in [-0.25, -0.2) is 0 Å².